The summed E-state index contributed by atoms with van der Waals surface area (Å²) in [6.45, 7) is 7.26. The van der Waals surface area contributed by atoms with Gasteiger partial charge in [-0.2, -0.15) is 0 Å². The Bertz CT molecular complexity index is 466. The molecule has 1 rings (SSSR count). The minimum absolute atomic E-state index is 0.213. The molecule has 7 heteroatoms. The van der Waals surface area contributed by atoms with Gasteiger partial charge in [-0.3, -0.25) is 4.98 Å². The number of methoxy groups -OCH3 is 1. The maximum Gasteiger partial charge on any atom is 0.136 e. The molecule has 0 aromatic carbocycles. The molecule has 0 saturated carbocycles. The molecule has 0 amide bonds. The minimum Gasteiger partial charge on any atom is -0.598 e. The molecule has 1 aromatic heterocycles. The summed E-state index contributed by atoms with van der Waals surface area (Å²) in [4.78, 5) is 4.35. The second kappa shape index (κ2) is 7.39. The number of aliphatic hydroxyl groups is 1. The van der Waals surface area contributed by atoms with Crippen LogP contribution in [0.2, 0.25) is 0 Å². The Hall–Kier alpha value is -0.180. The number of hydrogen-bond donors (Lipinski definition) is 2. The lowest BCUT2D eigenvalue weighted by atomic mass is 9.91. The van der Waals surface area contributed by atoms with Crippen molar-refractivity contribution in [1.82, 2.24) is 9.71 Å². The lowest BCUT2D eigenvalue weighted by Gasteiger charge is -2.38. The molecule has 3 atom stereocenters. The third kappa shape index (κ3) is 4.64. The molecule has 0 saturated heterocycles. The molecule has 0 aliphatic rings. The summed E-state index contributed by atoms with van der Waals surface area (Å²) in [5.74, 6) is 0. The largest absolute Gasteiger partial charge is 0.598 e. The highest BCUT2D eigenvalue weighted by molar-refractivity contribution is 9.10. The smallest absolute Gasteiger partial charge is 0.136 e. The zero-order valence-electron chi connectivity index (χ0n) is 13.0. The van der Waals surface area contributed by atoms with Crippen molar-refractivity contribution in [2.24, 2.45) is 0 Å². The fourth-order valence-corrected chi connectivity index (χ4v) is 3.07. The van der Waals surface area contributed by atoms with Crippen LogP contribution >= 0.6 is 15.9 Å². The number of halogens is 1. The highest BCUT2D eigenvalue weighted by atomic mass is 79.9. The van der Waals surface area contributed by atoms with Gasteiger partial charge in [-0.1, -0.05) is 15.9 Å². The molecule has 120 valence electrons. The van der Waals surface area contributed by atoms with Crippen LogP contribution in [-0.4, -0.2) is 39.2 Å². The number of rotatable bonds is 6. The fraction of sp³-hybridized carbons (Fsp3) is 0.643. The average Bonchev–Trinajstić information content (AvgIpc) is 2.38. The summed E-state index contributed by atoms with van der Waals surface area (Å²) >= 11 is 2.07. The van der Waals surface area contributed by atoms with Gasteiger partial charge in [0.2, 0.25) is 0 Å². The molecule has 0 aliphatic heterocycles. The number of nitrogens with one attached hydrogen (secondary N) is 1. The number of aromatic nitrogens is 1. The summed E-state index contributed by atoms with van der Waals surface area (Å²) < 4.78 is 21.4. The van der Waals surface area contributed by atoms with E-state index in [2.05, 4.69) is 25.6 Å². The van der Waals surface area contributed by atoms with E-state index in [4.69, 9.17) is 4.74 Å². The van der Waals surface area contributed by atoms with E-state index in [-0.39, 0.29) is 6.61 Å². The van der Waals surface area contributed by atoms with Crippen LogP contribution in [0.1, 0.15) is 33.4 Å². The molecule has 0 spiro atoms. The minimum atomic E-state index is -1.33. The normalized spacial score (nSPS) is 18.1. The molecule has 0 aliphatic carbocycles. The van der Waals surface area contributed by atoms with Gasteiger partial charge in [-0.05, 0) is 39.8 Å². The zero-order valence-corrected chi connectivity index (χ0v) is 15.4. The topological polar surface area (TPSA) is 77.4 Å². The molecule has 5 nitrogen and oxygen atoms in total. The Morgan fingerprint density at radius 1 is 1.48 bits per heavy atom. The van der Waals surface area contributed by atoms with Gasteiger partial charge in [0.15, 0.2) is 0 Å². The molecule has 0 bridgehead atoms. The van der Waals surface area contributed by atoms with E-state index in [1.54, 1.807) is 6.20 Å². The van der Waals surface area contributed by atoms with Gasteiger partial charge in [0.1, 0.15) is 16.4 Å². The van der Waals surface area contributed by atoms with Gasteiger partial charge in [-0.25, -0.2) is 0 Å². The van der Waals surface area contributed by atoms with Gasteiger partial charge in [0, 0.05) is 29.1 Å². The predicted octanol–water partition coefficient (Wildman–Crippen LogP) is 2.12. The van der Waals surface area contributed by atoms with Crippen molar-refractivity contribution in [3.63, 3.8) is 0 Å². The highest BCUT2D eigenvalue weighted by Crippen LogP contribution is 2.30. The van der Waals surface area contributed by atoms with Gasteiger partial charge >= 0.3 is 0 Å². The Morgan fingerprint density at radius 2 is 2.10 bits per heavy atom. The van der Waals surface area contributed by atoms with Crippen LogP contribution in [0, 0.1) is 0 Å². The molecule has 1 aromatic rings. The third-order valence-electron chi connectivity index (χ3n) is 3.21. The second-order valence-electron chi connectivity index (χ2n) is 5.95. The quantitative estimate of drug-likeness (QED) is 0.741. The standard InChI is InChI=1S/C14H23BrN2O3S/c1-13(2,3)21(19)17-14(4,12(9-18)20-5)11-8-10(15)6-7-16-11/h6-8,12,17-18H,9H2,1-5H3/t12?,14-,21?/m1/s1. The zero-order chi connectivity index (χ0) is 16.3. The van der Waals surface area contributed by atoms with Gasteiger partial charge in [-0.15, -0.1) is 4.72 Å². The van der Waals surface area contributed by atoms with Gasteiger partial charge < -0.3 is 14.4 Å². The molecule has 0 radical (unpaired) electrons. The molecule has 2 N–H and O–H groups in total. The lowest BCUT2D eigenvalue weighted by Crippen LogP contribution is -2.57. The Labute approximate surface area is 137 Å². The first-order valence-corrected chi connectivity index (χ1v) is 8.54. The predicted molar refractivity (Wildman–Crippen MR) is 88.2 cm³/mol. The van der Waals surface area contributed by atoms with Crippen molar-refractivity contribution in [2.45, 2.75) is 44.1 Å². The lowest BCUT2D eigenvalue weighted by molar-refractivity contribution is -0.00964. The van der Waals surface area contributed by atoms with Crippen LogP contribution in [0.3, 0.4) is 0 Å². The summed E-state index contributed by atoms with van der Waals surface area (Å²) in [5, 5.41) is 9.60. The number of ether oxygens (including phenoxy) is 1. The van der Waals surface area contributed by atoms with Gasteiger partial charge in [0.05, 0.1) is 12.3 Å². The van der Waals surface area contributed by atoms with Crippen molar-refractivity contribution in [3.05, 3.63) is 28.5 Å². The van der Waals surface area contributed by atoms with Crippen molar-refractivity contribution in [2.75, 3.05) is 13.7 Å². The van der Waals surface area contributed by atoms with E-state index < -0.39 is 27.8 Å². The monoisotopic (exact) mass is 378 g/mol. The van der Waals surface area contributed by atoms with Crippen LogP contribution < -0.4 is 4.72 Å². The molecule has 21 heavy (non-hydrogen) atoms. The molecule has 2 unspecified atom stereocenters. The van der Waals surface area contributed by atoms with E-state index in [0.717, 1.165) is 4.47 Å². The number of hydrogen-bond acceptors (Lipinski definition) is 5. The third-order valence-corrected chi connectivity index (χ3v) is 5.42. The summed E-state index contributed by atoms with van der Waals surface area (Å²) in [6.07, 6.45) is 1.08. The Kier molecular flexibility index (Phi) is 6.64. The second-order valence-corrected chi connectivity index (χ2v) is 8.83. The number of aliphatic hydroxyl groups excluding tert-OH is 1. The summed E-state index contributed by atoms with van der Waals surface area (Å²) in [6, 6.07) is 3.64. The molecule has 1 heterocycles. The van der Waals surface area contributed by atoms with E-state index >= 15 is 0 Å². The molecular weight excluding hydrogens is 356 g/mol. The van der Waals surface area contributed by atoms with E-state index in [9.17, 15) is 9.66 Å². The van der Waals surface area contributed by atoms with Crippen LogP contribution in [0.15, 0.2) is 22.8 Å². The first-order chi connectivity index (χ1) is 9.65. The average molecular weight is 379 g/mol. The van der Waals surface area contributed by atoms with Crippen LogP contribution in [-0.2, 0) is 21.6 Å². The van der Waals surface area contributed by atoms with Crippen molar-refractivity contribution in [3.8, 4) is 0 Å². The van der Waals surface area contributed by atoms with E-state index in [1.807, 2.05) is 39.8 Å². The SMILES string of the molecule is COC(CO)[C@](C)(N[S+]([O-])C(C)(C)C)c1cc(Br)ccn1. The van der Waals surface area contributed by atoms with Crippen molar-refractivity contribution in [1.29, 1.82) is 0 Å². The number of nitrogens with zero attached hydrogens (tertiary/aromatic N) is 1. The highest BCUT2D eigenvalue weighted by Gasteiger charge is 2.44. The first kappa shape index (κ1) is 18.9. The van der Waals surface area contributed by atoms with E-state index in [1.165, 1.54) is 7.11 Å². The van der Waals surface area contributed by atoms with Crippen molar-refractivity contribution < 1.29 is 14.4 Å². The Morgan fingerprint density at radius 3 is 2.52 bits per heavy atom. The molecule has 0 fully saturated rings. The molecular formula is C14H23BrN2O3S. The fourth-order valence-electron chi connectivity index (χ4n) is 1.81. The maximum absolute atomic E-state index is 12.5. The summed E-state index contributed by atoms with van der Waals surface area (Å²) in [5.41, 5.74) is -0.235. The van der Waals surface area contributed by atoms with E-state index in [0.29, 0.717) is 5.69 Å². The Balaban J connectivity index is 3.23. The van der Waals surface area contributed by atoms with Crippen molar-refractivity contribution >= 4 is 27.3 Å². The summed E-state index contributed by atoms with van der Waals surface area (Å²) in [7, 11) is 1.51. The first-order valence-electron chi connectivity index (χ1n) is 6.60. The maximum atomic E-state index is 12.5. The van der Waals surface area contributed by atoms with Crippen LogP contribution in [0.5, 0.6) is 0 Å². The van der Waals surface area contributed by atoms with Crippen LogP contribution in [0.25, 0.3) is 0 Å². The van der Waals surface area contributed by atoms with Crippen LogP contribution in [0.4, 0.5) is 0 Å². The van der Waals surface area contributed by atoms with Gasteiger partial charge in [0.25, 0.3) is 0 Å². The number of pyridine rings is 1.